The normalized spacial score (nSPS) is 13.8. The topological polar surface area (TPSA) is 140 Å². The lowest BCUT2D eigenvalue weighted by Gasteiger charge is -2.21. The average Bonchev–Trinajstić information content (AvgIpc) is 3.54. The van der Waals surface area contributed by atoms with Gasteiger partial charge in [0, 0.05) is 79.6 Å². The van der Waals surface area contributed by atoms with Crippen LogP contribution in [0.15, 0.2) is 48.5 Å². The first-order chi connectivity index (χ1) is 24.7. The minimum atomic E-state index is 0.520. The lowest BCUT2D eigenvalue weighted by atomic mass is 10.2. The van der Waals surface area contributed by atoms with Crippen molar-refractivity contribution in [1.82, 2.24) is 24.8 Å². The third-order valence-electron chi connectivity index (χ3n) is 8.13. The molecule has 0 spiro atoms. The zero-order valence-corrected chi connectivity index (χ0v) is 31.6. The van der Waals surface area contributed by atoms with Crippen LogP contribution in [0.3, 0.4) is 0 Å². The smallest absolute Gasteiger partial charge is 0.229 e. The molecule has 276 valence electrons. The summed E-state index contributed by atoms with van der Waals surface area (Å²) < 4.78 is 22.5. The number of anilines is 6. The fourth-order valence-electron chi connectivity index (χ4n) is 5.51. The summed E-state index contributed by atoms with van der Waals surface area (Å²) in [6.45, 7) is 9.64. The van der Waals surface area contributed by atoms with Crippen molar-refractivity contribution in [3.8, 4) is 23.0 Å². The number of ether oxygens (including phenoxy) is 4. The number of methoxy groups -OCH3 is 2. The van der Waals surface area contributed by atoms with E-state index >= 15 is 0 Å². The maximum atomic E-state index is 6.03. The van der Waals surface area contributed by atoms with E-state index in [1.165, 1.54) is 19.4 Å². The maximum Gasteiger partial charge on any atom is 0.229 e. The van der Waals surface area contributed by atoms with Crippen LogP contribution in [0.2, 0.25) is 0 Å². The molecular weight excluding hydrogens is 670 g/mol. The summed E-state index contributed by atoms with van der Waals surface area (Å²) >= 11 is 5.68. The van der Waals surface area contributed by atoms with Gasteiger partial charge in [-0.1, -0.05) is 0 Å². The summed E-state index contributed by atoms with van der Waals surface area (Å²) in [5.41, 5.74) is 3.44. The van der Waals surface area contributed by atoms with E-state index in [9.17, 15) is 0 Å². The van der Waals surface area contributed by atoms with Gasteiger partial charge in [-0.2, -0.15) is 9.97 Å². The second-order valence-electron chi connectivity index (χ2n) is 12.0. The molecule has 5 rings (SSSR count). The quantitative estimate of drug-likeness (QED) is 0.0636. The van der Waals surface area contributed by atoms with Crippen LogP contribution in [0.1, 0.15) is 44.0 Å². The van der Waals surface area contributed by atoms with E-state index in [0.29, 0.717) is 48.5 Å². The van der Waals surface area contributed by atoms with E-state index in [0.717, 1.165) is 65.3 Å². The number of halogens is 1. The number of hydrogen-bond acceptors (Lipinski definition) is 13. The van der Waals surface area contributed by atoms with Gasteiger partial charge in [0.25, 0.3) is 0 Å². The van der Waals surface area contributed by atoms with Crippen LogP contribution in [0.5, 0.6) is 23.0 Å². The minimum Gasteiger partial charge on any atom is -0.493 e. The molecule has 1 aliphatic heterocycles. The Morgan fingerprint density at radius 1 is 0.725 bits per heavy atom. The molecule has 1 fully saturated rings. The summed E-state index contributed by atoms with van der Waals surface area (Å²) in [6, 6.07) is 15.8. The average molecular weight is 722 g/mol. The molecule has 1 unspecified atom stereocenters. The highest BCUT2D eigenvalue weighted by Gasteiger charge is 2.19. The molecule has 1 aliphatic rings. The summed E-state index contributed by atoms with van der Waals surface area (Å²) in [4.78, 5) is 20.2. The van der Waals surface area contributed by atoms with Crippen molar-refractivity contribution in [2.24, 2.45) is 0 Å². The Balaban J connectivity index is 0.000000233. The molecule has 51 heavy (non-hydrogen) atoms. The molecular formula is C37H52ClN9O4. The Hall–Kier alpha value is -4.75. The van der Waals surface area contributed by atoms with Crippen molar-refractivity contribution in [3.63, 3.8) is 0 Å². The summed E-state index contributed by atoms with van der Waals surface area (Å²) in [6.07, 6.45) is 4.38. The predicted molar refractivity (Wildman–Crippen MR) is 206 cm³/mol. The van der Waals surface area contributed by atoms with Crippen molar-refractivity contribution < 1.29 is 18.9 Å². The van der Waals surface area contributed by atoms with E-state index in [1.54, 1.807) is 14.2 Å². The summed E-state index contributed by atoms with van der Waals surface area (Å²) in [5.74, 6) is 5.93. The first-order valence-corrected chi connectivity index (χ1v) is 17.8. The van der Waals surface area contributed by atoms with Crippen LogP contribution in [0.25, 0.3) is 0 Å². The Morgan fingerprint density at radius 3 is 1.67 bits per heavy atom. The van der Waals surface area contributed by atoms with Gasteiger partial charge in [-0.25, -0.2) is 9.97 Å². The van der Waals surface area contributed by atoms with Crippen LogP contribution in [0, 0.1) is 13.8 Å². The molecule has 1 saturated heterocycles. The molecule has 0 saturated carbocycles. The number of rotatable bonds is 17. The fourth-order valence-corrected chi connectivity index (χ4v) is 5.62. The molecule has 3 heterocycles. The number of hydrogen-bond donors (Lipinski definition) is 4. The molecule has 1 atom stereocenters. The van der Waals surface area contributed by atoms with Crippen molar-refractivity contribution >= 4 is 46.5 Å². The molecule has 2 aromatic carbocycles. The molecule has 13 nitrogen and oxygen atoms in total. The fraction of sp³-hybridized carbons (Fsp3) is 0.459. The summed E-state index contributed by atoms with van der Waals surface area (Å²) in [5, 5.41) is 12.5. The van der Waals surface area contributed by atoms with Crippen molar-refractivity contribution in [1.29, 1.82) is 0 Å². The highest BCUT2D eigenvalue weighted by Crippen LogP contribution is 2.33. The number of aryl methyl sites for hydroxylation is 2. The number of aromatic nitrogens is 4. The van der Waals surface area contributed by atoms with Gasteiger partial charge in [0.05, 0.1) is 27.4 Å². The van der Waals surface area contributed by atoms with Crippen molar-refractivity contribution in [3.05, 3.63) is 59.9 Å². The molecule has 0 amide bonds. The highest BCUT2D eigenvalue weighted by molar-refractivity contribution is 6.17. The molecule has 4 aromatic rings. The van der Waals surface area contributed by atoms with Crippen LogP contribution < -0.4 is 40.2 Å². The molecule has 0 radical (unpaired) electrons. The lowest BCUT2D eigenvalue weighted by molar-refractivity contribution is 0.226. The van der Waals surface area contributed by atoms with Gasteiger partial charge >= 0.3 is 0 Å². The third kappa shape index (κ3) is 12.2. The van der Waals surface area contributed by atoms with Crippen LogP contribution in [0.4, 0.5) is 34.9 Å². The Kier molecular flexibility index (Phi) is 15.5. The predicted octanol–water partition coefficient (Wildman–Crippen LogP) is 7.42. The minimum absolute atomic E-state index is 0.520. The standard InChI is InChI=1S/C21H31N5O2.C16H21ClN4O2/c1-15-13-20(22-3)25-21(23-15)24-17-8-9-18(27-4)19(14-17)28-12-6-11-26-10-5-7-16(26)2;1-11-9-15(18-2)21-16(19-11)20-12-5-6-13(22-3)14(10-12)23-8-4-7-17/h8-9,13-14,16H,5-7,10-12H2,1-4H3,(H2,22,23,24,25);5-6,9-10H,4,7-8H2,1-3H3,(H2,18,19,20,21). The second kappa shape index (κ2) is 20.2. The van der Waals surface area contributed by atoms with E-state index in [2.05, 4.69) is 53.0 Å². The third-order valence-corrected chi connectivity index (χ3v) is 8.40. The monoisotopic (exact) mass is 721 g/mol. The Morgan fingerprint density at radius 2 is 1.24 bits per heavy atom. The summed E-state index contributed by atoms with van der Waals surface area (Å²) in [7, 11) is 6.93. The zero-order chi connectivity index (χ0) is 36.6. The SMILES string of the molecule is CNc1cc(C)nc(Nc2ccc(OC)c(OCCCCl)c2)n1.CNc1cc(C)nc(Nc2ccc(OC)c(OCCCN3CCCC3C)c2)n1. The first kappa shape index (κ1) is 39.0. The number of likely N-dealkylation sites (tertiary alicyclic amines) is 1. The largest absolute Gasteiger partial charge is 0.493 e. The van der Waals surface area contributed by atoms with Gasteiger partial charge in [0.1, 0.15) is 11.6 Å². The van der Waals surface area contributed by atoms with E-state index < -0.39 is 0 Å². The van der Waals surface area contributed by atoms with Gasteiger partial charge in [0.15, 0.2) is 23.0 Å². The van der Waals surface area contributed by atoms with Crippen LogP contribution in [-0.4, -0.2) is 91.4 Å². The number of nitrogens with zero attached hydrogens (tertiary/aromatic N) is 5. The maximum absolute atomic E-state index is 6.03. The van der Waals surface area contributed by atoms with E-state index in [-0.39, 0.29) is 0 Å². The number of alkyl halides is 1. The lowest BCUT2D eigenvalue weighted by Crippen LogP contribution is -2.28. The van der Waals surface area contributed by atoms with Crippen molar-refractivity contribution in [2.45, 2.75) is 52.5 Å². The number of benzene rings is 2. The molecule has 0 aliphatic carbocycles. The van der Waals surface area contributed by atoms with Crippen molar-refractivity contribution in [2.75, 3.05) is 81.8 Å². The zero-order valence-electron chi connectivity index (χ0n) is 30.8. The van der Waals surface area contributed by atoms with Gasteiger partial charge in [0.2, 0.25) is 11.9 Å². The second-order valence-corrected chi connectivity index (χ2v) is 12.4. The molecule has 0 bridgehead atoms. The van der Waals surface area contributed by atoms with Gasteiger partial charge < -0.3 is 45.1 Å². The van der Waals surface area contributed by atoms with Crippen LogP contribution in [-0.2, 0) is 0 Å². The molecule has 14 heteroatoms. The Bertz CT molecular complexity index is 1680. The highest BCUT2D eigenvalue weighted by atomic mass is 35.5. The van der Waals surface area contributed by atoms with E-state index in [1.807, 2.05) is 76.5 Å². The van der Waals surface area contributed by atoms with Crippen LogP contribution >= 0.6 is 11.6 Å². The van der Waals surface area contributed by atoms with Gasteiger partial charge in [-0.15, -0.1) is 11.6 Å². The molecule has 4 N–H and O–H groups in total. The number of nitrogens with one attached hydrogen (secondary N) is 4. The molecule has 2 aromatic heterocycles. The van der Waals surface area contributed by atoms with Gasteiger partial charge in [-0.3, -0.25) is 0 Å². The van der Waals surface area contributed by atoms with E-state index in [4.69, 9.17) is 30.5 Å². The Labute approximate surface area is 306 Å². The van der Waals surface area contributed by atoms with Gasteiger partial charge in [-0.05, 0) is 77.3 Å². The first-order valence-electron chi connectivity index (χ1n) is 17.3.